The molecule has 0 saturated carbocycles. The molecule has 140 valence electrons. The summed E-state index contributed by atoms with van der Waals surface area (Å²) in [5, 5.41) is 11.3. The van der Waals surface area contributed by atoms with E-state index in [-0.39, 0.29) is 11.3 Å². The molecule has 3 rings (SSSR count). The number of ketones is 1. The van der Waals surface area contributed by atoms with E-state index in [0.29, 0.717) is 29.4 Å². The lowest BCUT2D eigenvalue weighted by Crippen LogP contribution is -2.35. The van der Waals surface area contributed by atoms with Gasteiger partial charge in [0.15, 0.2) is 0 Å². The molecule has 1 aliphatic rings. The highest BCUT2D eigenvalue weighted by atomic mass is 35.5. The summed E-state index contributed by atoms with van der Waals surface area (Å²) in [4.78, 5) is 33.1. The molecule has 6 nitrogen and oxygen atoms in total. The zero-order valence-electron chi connectivity index (χ0n) is 15.1. The van der Waals surface area contributed by atoms with Crippen molar-refractivity contribution in [2.24, 2.45) is 0 Å². The molecule has 1 unspecified atom stereocenters. The van der Waals surface area contributed by atoms with Crippen molar-refractivity contribution < 1.29 is 14.7 Å². The van der Waals surface area contributed by atoms with Gasteiger partial charge in [0.1, 0.15) is 11.8 Å². The summed E-state index contributed by atoms with van der Waals surface area (Å²) in [5.74, 6) is -1.58. The van der Waals surface area contributed by atoms with Gasteiger partial charge in [-0.3, -0.25) is 14.6 Å². The molecular formula is C20H20ClN3O3. The second-order valence-electron chi connectivity index (χ2n) is 6.56. The number of rotatable bonds is 5. The van der Waals surface area contributed by atoms with Crippen LogP contribution < -0.4 is 0 Å². The van der Waals surface area contributed by atoms with E-state index >= 15 is 0 Å². The first-order valence-corrected chi connectivity index (χ1v) is 8.88. The van der Waals surface area contributed by atoms with Gasteiger partial charge in [-0.25, -0.2) is 0 Å². The quantitative estimate of drug-likeness (QED) is 0.486. The minimum absolute atomic E-state index is 0.0415. The van der Waals surface area contributed by atoms with Gasteiger partial charge in [-0.05, 0) is 50.5 Å². The smallest absolute Gasteiger partial charge is 0.295 e. The fourth-order valence-electron chi connectivity index (χ4n) is 3.03. The standard InChI is InChI=1S/C20H20ClN3O3/c1-23(2)11-12-24-17(15-5-3-4-10-22-15)16(19(26)20(24)27)18(25)13-6-8-14(21)9-7-13/h3-10,17,25H,11-12H2,1-2H3/b18-16+. The molecule has 1 aromatic heterocycles. The van der Waals surface area contributed by atoms with Crippen LogP contribution in [0.4, 0.5) is 0 Å². The van der Waals surface area contributed by atoms with Crippen LogP contribution in [0.1, 0.15) is 17.3 Å². The predicted molar refractivity (Wildman–Crippen MR) is 103 cm³/mol. The van der Waals surface area contributed by atoms with Gasteiger partial charge in [0.25, 0.3) is 11.7 Å². The summed E-state index contributed by atoms with van der Waals surface area (Å²) in [7, 11) is 3.78. The molecule has 1 fully saturated rings. The Balaban J connectivity index is 2.12. The fourth-order valence-corrected chi connectivity index (χ4v) is 3.15. The number of likely N-dealkylation sites (tertiary alicyclic amines) is 1. The lowest BCUT2D eigenvalue weighted by molar-refractivity contribution is -0.140. The monoisotopic (exact) mass is 385 g/mol. The molecule has 1 amide bonds. The molecule has 2 heterocycles. The molecule has 1 aliphatic heterocycles. The molecule has 0 radical (unpaired) electrons. The second kappa shape index (κ2) is 7.90. The fraction of sp³-hybridized carbons (Fsp3) is 0.250. The van der Waals surface area contributed by atoms with E-state index in [1.54, 1.807) is 48.7 Å². The number of aliphatic hydroxyl groups excluding tert-OH is 1. The molecule has 2 aromatic rings. The Hall–Kier alpha value is -2.70. The molecule has 1 N–H and O–H groups in total. The minimum atomic E-state index is -0.734. The summed E-state index contributed by atoms with van der Waals surface area (Å²) >= 11 is 5.90. The van der Waals surface area contributed by atoms with Crippen molar-refractivity contribution >= 4 is 29.1 Å². The van der Waals surface area contributed by atoms with E-state index in [0.717, 1.165) is 0 Å². The Bertz CT molecular complexity index is 879. The highest BCUT2D eigenvalue weighted by Crippen LogP contribution is 2.38. The van der Waals surface area contributed by atoms with Gasteiger partial charge in [-0.1, -0.05) is 17.7 Å². The van der Waals surface area contributed by atoms with Crippen molar-refractivity contribution in [3.8, 4) is 0 Å². The molecule has 0 bridgehead atoms. The molecule has 27 heavy (non-hydrogen) atoms. The second-order valence-corrected chi connectivity index (χ2v) is 6.99. The van der Waals surface area contributed by atoms with Crippen LogP contribution >= 0.6 is 11.6 Å². The normalized spacial score (nSPS) is 19.1. The highest BCUT2D eigenvalue weighted by molar-refractivity contribution is 6.46. The van der Waals surface area contributed by atoms with Gasteiger partial charge < -0.3 is 14.9 Å². The number of carbonyl (C=O) groups excluding carboxylic acids is 2. The number of benzene rings is 1. The lowest BCUT2D eigenvalue weighted by atomic mass is 9.98. The zero-order chi connectivity index (χ0) is 19.6. The maximum Gasteiger partial charge on any atom is 0.295 e. The number of hydrogen-bond acceptors (Lipinski definition) is 5. The molecule has 1 atom stereocenters. The van der Waals surface area contributed by atoms with Crippen molar-refractivity contribution in [3.05, 3.63) is 70.5 Å². The van der Waals surface area contributed by atoms with Crippen LogP contribution in [0.25, 0.3) is 5.76 Å². The third-order valence-corrected chi connectivity index (χ3v) is 4.67. The van der Waals surface area contributed by atoms with Gasteiger partial charge in [0.05, 0.1) is 11.3 Å². The number of likely N-dealkylation sites (N-methyl/N-ethyl adjacent to an activating group) is 1. The lowest BCUT2D eigenvalue weighted by Gasteiger charge is -2.25. The maximum atomic E-state index is 12.7. The van der Waals surface area contributed by atoms with Gasteiger partial charge in [-0.15, -0.1) is 0 Å². The average Bonchev–Trinajstić information content (AvgIpc) is 2.91. The van der Waals surface area contributed by atoms with Gasteiger partial charge in [0, 0.05) is 29.9 Å². The van der Waals surface area contributed by atoms with E-state index in [2.05, 4.69) is 4.98 Å². The van der Waals surface area contributed by atoms with Crippen LogP contribution in [-0.2, 0) is 9.59 Å². The van der Waals surface area contributed by atoms with E-state index in [9.17, 15) is 14.7 Å². The highest BCUT2D eigenvalue weighted by Gasteiger charge is 2.46. The van der Waals surface area contributed by atoms with Crippen molar-refractivity contribution in [2.75, 3.05) is 27.2 Å². The van der Waals surface area contributed by atoms with Crippen LogP contribution in [0.2, 0.25) is 5.02 Å². The number of aliphatic hydroxyl groups is 1. The van der Waals surface area contributed by atoms with Gasteiger partial charge in [-0.2, -0.15) is 0 Å². The number of aromatic nitrogens is 1. The Kier molecular flexibility index (Phi) is 5.58. The largest absolute Gasteiger partial charge is 0.507 e. The Morgan fingerprint density at radius 1 is 1.19 bits per heavy atom. The molecule has 1 saturated heterocycles. The van der Waals surface area contributed by atoms with Gasteiger partial charge in [0.2, 0.25) is 0 Å². The van der Waals surface area contributed by atoms with Crippen LogP contribution in [-0.4, -0.2) is 58.8 Å². The third kappa shape index (κ3) is 3.86. The number of Topliss-reactive ketones (excluding diaryl/α,β-unsaturated/α-hetero) is 1. The number of amides is 1. The summed E-state index contributed by atoms with van der Waals surface area (Å²) in [6, 6.07) is 11.0. The molecule has 7 heteroatoms. The van der Waals surface area contributed by atoms with Crippen LogP contribution in [0.5, 0.6) is 0 Å². The molecular weight excluding hydrogens is 366 g/mol. The number of hydrogen-bond donors (Lipinski definition) is 1. The topological polar surface area (TPSA) is 73.7 Å². The van der Waals surface area contributed by atoms with Crippen molar-refractivity contribution in [3.63, 3.8) is 0 Å². The minimum Gasteiger partial charge on any atom is -0.507 e. The van der Waals surface area contributed by atoms with E-state index < -0.39 is 17.7 Å². The van der Waals surface area contributed by atoms with E-state index in [4.69, 9.17) is 11.6 Å². The molecule has 0 spiro atoms. The molecule has 1 aromatic carbocycles. The van der Waals surface area contributed by atoms with E-state index in [1.807, 2.05) is 19.0 Å². The molecule has 0 aliphatic carbocycles. The number of halogens is 1. The first-order valence-electron chi connectivity index (χ1n) is 8.50. The Morgan fingerprint density at radius 2 is 1.89 bits per heavy atom. The number of carbonyl (C=O) groups is 2. The Labute approximate surface area is 162 Å². The van der Waals surface area contributed by atoms with Crippen LogP contribution in [0.3, 0.4) is 0 Å². The summed E-state index contributed by atoms with van der Waals surface area (Å²) in [6.45, 7) is 0.924. The Morgan fingerprint density at radius 3 is 2.48 bits per heavy atom. The summed E-state index contributed by atoms with van der Waals surface area (Å²) < 4.78 is 0. The first kappa shape index (κ1) is 19.1. The van der Waals surface area contributed by atoms with Crippen molar-refractivity contribution in [1.29, 1.82) is 0 Å². The summed E-state index contributed by atoms with van der Waals surface area (Å²) in [5.41, 5.74) is 0.997. The van der Waals surface area contributed by atoms with Crippen molar-refractivity contribution in [1.82, 2.24) is 14.8 Å². The maximum absolute atomic E-state index is 12.7. The van der Waals surface area contributed by atoms with Crippen LogP contribution in [0.15, 0.2) is 54.2 Å². The zero-order valence-corrected chi connectivity index (χ0v) is 15.8. The SMILES string of the molecule is CN(C)CCN1C(=O)C(=O)/C(=C(/O)c2ccc(Cl)cc2)C1c1ccccn1. The number of pyridine rings is 1. The van der Waals surface area contributed by atoms with Gasteiger partial charge >= 0.3 is 0 Å². The summed E-state index contributed by atoms with van der Waals surface area (Å²) in [6.07, 6.45) is 1.60. The van der Waals surface area contributed by atoms with Crippen LogP contribution in [0, 0.1) is 0 Å². The predicted octanol–water partition coefficient (Wildman–Crippen LogP) is 2.72. The van der Waals surface area contributed by atoms with E-state index in [1.165, 1.54) is 4.90 Å². The third-order valence-electron chi connectivity index (χ3n) is 4.41. The number of nitrogens with zero attached hydrogens (tertiary/aromatic N) is 3. The average molecular weight is 386 g/mol. The first-order chi connectivity index (χ1) is 12.9. The van der Waals surface area contributed by atoms with Crippen molar-refractivity contribution in [2.45, 2.75) is 6.04 Å².